The minimum Gasteiger partial charge on any atom is -0.508 e. The zero-order valence-corrected chi connectivity index (χ0v) is 12.1. The van der Waals surface area contributed by atoms with E-state index in [9.17, 15) is 9.90 Å². The highest BCUT2D eigenvalue weighted by Gasteiger charge is 2.01. The van der Waals surface area contributed by atoms with E-state index >= 15 is 0 Å². The summed E-state index contributed by atoms with van der Waals surface area (Å²) in [6.07, 6.45) is 6.37. The lowest BCUT2D eigenvalue weighted by Crippen LogP contribution is -1.92. The number of carbonyl (C=O) groups is 1. The Morgan fingerprint density at radius 1 is 1.05 bits per heavy atom. The van der Waals surface area contributed by atoms with Crippen LogP contribution in [-0.4, -0.2) is 23.1 Å². The van der Waals surface area contributed by atoms with Crippen LogP contribution in [0.5, 0.6) is 17.2 Å². The van der Waals surface area contributed by atoms with Crippen LogP contribution < -0.4 is 4.74 Å². The lowest BCUT2D eigenvalue weighted by molar-refractivity contribution is 0.104. The van der Waals surface area contributed by atoms with E-state index in [1.54, 1.807) is 42.5 Å². The van der Waals surface area contributed by atoms with Crippen LogP contribution in [0.3, 0.4) is 0 Å². The summed E-state index contributed by atoms with van der Waals surface area (Å²) in [4.78, 5) is 11.8. The van der Waals surface area contributed by atoms with Gasteiger partial charge in [-0.05, 0) is 42.5 Å². The molecule has 0 bridgehead atoms. The maximum absolute atomic E-state index is 11.8. The molecule has 0 aliphatic rings. The second kappa shape index (κ2) is 7.13. The lowest BCUT2D eigenvalue weighted by atomic mass is 10.1. The van der Waals surface area contributed by atoms with E-state index in [4.69, 9.17) is 9.84 Å². The predicted octanol–water partition coefficient (Wildman–Crippen LogP) is 3.56. The number of phenols is 2. The van der Waals surface area contributed by atoms with Crippen molar-refractivity contribution in [1.29, 1.82) is 0 Å². The molecule has 4 nitrogen and oxygen atoms in total. The molecule has 0 unspecified atom stereocenters. The Hall–Kier alpha value is -3.01. The molecule has 4 heteroatoms. The molecule has 22 heavy (non-hydrogen) atoms. The number of hydrogen-bond donors (Lipinski definition) is 2. The van der Waals surface area contributed by atoms with Gasteiger partial charge in [-0.25, -0.2) is 0 Å². The van der Waals surface area contributed by atoms with Crippen molar-refractivity contribution in [3.8, 4) is 17.2 Å². The molecule has 112 valence electrons. The van der Waals surface area contributed by atoms with E-state index < -0.39 is 0 Å². The normalized spacial score (nSPS) is 11.1. The summed E-state index contributed by atoms with van der Waals surface area (Å²) in [6, 6.07) is 11.0. The number of methoxy groups -OCH3 is 1. The first-order chi connectivity index (χ1) is 10.6. The van der Waals surface area contributed by atoms with Gasteiger partial charge < -0.3 is 14.9 Å². The Bertz CT molecular complexity index is 712. The van der Waals surface area contributed by atoms with Gasteiger partial charge in [0, 0.05) is 17.2 Å². The third-order valence-corrected chi connectivity index (χ3v) is 3.02. The minimum atomic E-state index is -0.163. The van der Waals surface area contributed by atoms with Gasteiger partial charge in [0.2, 0.25) is 0 Å². The van der Waals surface area contributed by atoms with Crippen molar-refractivity contribution < 1.29 is 19.7 Å². The van der Waals surface area contributed by atoms with Gasteiger partial charge in [0.05, 0.1) is 7.11 Å². The molecule has 0 saturated heterocycles. The second-order valence-electron chi connectivity index (χ2n) is 4.55. The molecule has 2 N–H and O–H groups in total. The summed E-state index contributed by atoms with van der Waals surface area (Å²) in [7, 11) is 1.53. The van der Waals surface area contributed by atoms with Crippen molar-refractivity contribution >= 4 is 11.9 Å². The number of hydrogen-bond acceptors (Lipinski definition) is 4. The van der Waals surface area contributed by atoms with Crippen LogP contribution in [0.4, 0.5) is 0 Å². The summed E-state index contributed by atoms with van der Waals surface area (Å²) < 4.78 is 5.00. The van der Waals surface area contributed by atoms with E-state index in [-0.39, 0.29) is 17.3 Å². The van der Waals surface area contributed by atoms with Crippen LogP contribution in [0.15, 0.2) is 60.7 Å². The molecular weight excluding hydrogens is 280 g/mol. The molecule has 2 aromatic rings. The number of rotatable bonds is 5. The maximum Gasteiger partial charge on any atom is 0.185 e. The van der Waals surface area contributed by atoms with Crippen molar-refractivity contribution in [2.24, 2.45) is 0 Å². The van der Waals surface area contributed by atoms with Gasteiger partial charge in [0.25, 0.3) is 0 Å². The van der Waals surface area contributed by atoms with E-state index in [1.165, 1.54) is 31.4 Å². The van der Waals surface area contributed by atoms with Crippen LogP contribution in [0.25, 0.3) is 6.08 Å². The summed E-state index contributed by atoms with van der Waals surface area (Å²) in [5.41, 5.74) is 1.12. The van der Waals surface area contributed by atoms with Crippen LogP contribution in [0, 0.1) is 0 Å². The molecule has 2 aromatic carbocycles. The van der Waals surface area contributed by atoms with Crippen molar-refractivity contribution in [3.05, 3.63) is 71.8 Å². The van der Waals surface area contributed by atoms with E-state index in [1.807, 2.05) is 0 Å². The smallest absolute Gasteiger partial charge is 0.185 e. The number of ketones is 1. The molecule has 0 aliphatic carbocycles. The number of allylic oxidation sites excluding steroid dienone is 3. The van der Waals surface area contributed by atoms with Gasteiger partial charge in [-0.1, -0.05) is 18.2 Å². The van der Waals surface area contributed by atoms with Gasteiger partial charge in [0.1, 0.15) is 17.2 Å². The van der Waals surface area contributed by atoms with Crippen LogP contribution in [0.2, 0.25) is 0 Å². The van der Waals surface area contributed by atoms with Gasteiger partial charge in [-0.2, -0.15) is 0 Å². The van der Waals surface area contributed by atoms with Gasteiger partial charge in [-0.15, -0.1) is 0 Å². The molecule has 0 aromatic heterocycles. The number of ether oxygens (including phenoxy) is 1. The molecule has 0 spiro atoms. The number of carbonyl (C=O) groups excluding carboxylic acids is 1. The lowest BCUT2D eigenvalue weighted by Gasteiger charge is -2.02. The largest absolute Gasteiger partial charge is 0.508 e. The summed E-state index contributed by atoms with van der Waals surface area (Å²) >= 11 is 0. The third-order valence-electron chi connectivity index (χ3n) is 3.02. The van der Waals surface area contributed by atoms with Crippen molar-refractivity contribution in [2.45, 2.75) is 0 Å². The van der Waals surface area contributed by atoms with Crippen LogP contribution in [-0.2, 0) is 0 Å². The molecule has 0 radical (unpaired) electrons. The van der Waals surface area contributed by atoms with Crippen molar-refractivity contribution in [3.63, 3.8) is 0 Å². The van der Waals surface area contributed by atoms with E-state index in [2.05, 4.69) is 0 Å². The Morgan fingerprint density at radius 2 is 1.77 bits per heavy atom. The number of phenolic OH excluding ortho intramolecular Hbond substituents is 2. The second-order valence-corrected chi connectivity index (χ2v) is 4.55. The Morgan fingerprint density at radius 3 is 2.41 bits per heavy atom. The molecule has 0 fully saturated rings. The quantitative estimate of drug-likeness (QED) is 0.503. The average Bonchev–Trinajstić information content (AvgIpc) is 2.53. The molecule has 0 atom stereocenters. The standard InChI is InChI=1S/C18H16O4/c1-22-16-11-8-13(18(21)12-16)4-2-3-5-17(20)14-6-9-15(19)10-7-14/h2-12,19,21H,1H3/b4-2+,5-3+. The van der Waals surface area contributed by atoms with Crippen molar-refractivity contribution in [2.75, 3.05) is 7.11 Å². The predicted molar refractivity (Wildman–Crippen MR) is 85.3 cm³/mol. The topological polar surface area (TPSA) is 66.8 Å². The summed E-state index contributed by atoms with van der Waals surface area (Å²) in [5.74, 6) is 0.639. The summed E-state index contributed by atoms with van der Waals surface area (Å²) in [5, 5.41) is 19.0. The van der Waals surface area contributed by atoms with Crippen LogP contribution >= 0.6 is 0 Å². The zero-order valence-electron chi connectivity index (χ0n) is 12.1. The molecule has 0 saturated carbocycles. The zero-order chi connectivity index (χ0) is 15.9. The Labute approximate surface area is 128 Å². The first-order valence-electron chi connectivity index (χ1n) is 6.65. The van der Waals surface area contributed by atoms with Gasteiger partial charge >= 0.3 is 0 Å². The SMILES string of the molecule is COc1ccc(/C=C/C=C/C(=O)c2ccc(O)cc2)c(O)c1. The van der Waals surface area contributed by atoms with E-state index in [0.717, 1.165) is 0 Å². The Balaban J connectivity index is 2.02. The highest BCUT2D eigenvalue weighted by molar-refractivity contribution is 6.04. The van der Waals surface area contributed by atoms with Crippen molar-refractivity contribution in [1.82, 2.24) is 0 Å². The minimum absolute atomic E-state index is 0.105. The monoisotopic (exact) mass is 296 g/mol. The maximum atomic E-state index is 11.8. The Kier molecular flexibility index (Phi) is 4.98. The number of benzene rings is 2. The fourth-order valence-electron chi connectivity index (χ4n) is 1.82. The highest BCUT2D eigenvalue weighted by Crippen LogP contribution is 2.24. The molecule has 2 rings (SSSR count). The third kappa shape index (κ3) is 3.99. The molecule has 0 aliphatic heterocycles. The fourth-order valence-corrected chi connectivity index (χ4v) is 1.82. The molecular formula is C18H16O4. The first-order valence-corrected chi connectivity index (χ1v) is 6.65. The highest BCUT2D eigenvalue weighted by atomic mass is 16.5. The average molecular weight is 296 g/mol. The van der Waals surface area contributed by atoms with Gasteiger partial charge in [0.15, 0.2) is 5.78 Å². The number of aromatic hydroxyl groups is 2. The molecule has 0 heterocycles. The summed E-state index contributed by atoms with van der Waals surface area (Å²) in [6.45, 7) is 0. The molecule has 0 amide bonds. The first kappa shape index (κ1) is 15.4. The van der Waals surface area contributed by atoms with E-state index in [0.29, 0.717) is 16.9 Å². The van der Waals surface area contributed by atoms with Gasteiger partial charge in [-0.3, -0.25) is 4.79 Å². The van der Waals surface area contributed by atoms with Crippen LogP contribution in [0.1, 0.15) is 15.9 Å². The fraction of sp³-hybridized carbons (Fsp3) is 0.0556.